The first kappa shape index (κ1) is 13.4. The Kier molecular flexibility index (Phi) is 3.56. The highest BCUT2D eigenvalue weighted by Gasteiger charge is 2.33. The minimum Gasteiger partial charge on any atom is -0.353 e. The molecular weight excluding hydrogens is 292 g/mol. The zero-order chi connectivity index (χ0) is 14.8. The summed E-state index contributed by atoms with van der Waals surface area (Å²) < 4.78 is 0. The van der Waals surface area contributed by atoms with Crippen molar-refractivity contribution >= 4 is 22.8 Å². The van der Waals surface area contributed by atoms with E-state index in [9.17, 15) is 0 Å². The summed E-state index contributed by atoms with van der Waals surface area (Å²) in [4.78, 5) is 4.53. The predicted molar refractivity (Wildman–Crippen MR) is 91.9 cm³/mol. The van der Waals surface area contributed by atoms with Gasteiger partial charge in [0.25, 0.3) is 0 Å². The Morgan fingerprint density at radius 2 is 1.73 bits per heavy atom. The number of hydrazone groups is 1. The van der Waals surface area contributed by atoms with E-state index in [0.29, 0.717) is 0 Å². The minimum absolute atomic E-state index is 0.126. The number of rotatable bonds is 2. The average Bonchev–Trinajstić information content (AvgIpc) is 3.26. The lowest BCUT2D eigenvalue weighted by atomic mass is 10.2. The van der Waals surface area contributed by atoms with Gasteiger partial charge in [-0.05, 0) is 5.56 Å². The van der Waals surface area contributed by atoms with E-state index in [2.05, 4.69) is 46.7 Å². The second kappa shape index (κ2) is 5.85. The monoisotopic (exact) mass is 308 g/mol. The molecule has 110 valence electrons. The highest BCUT2D eigenvalue weighted by Crippen LogP contribution is 2.41. The van der Waals surface area contributed by atoms with Crippen LogP contribution >= 0.6 is 11.8 Å². The van der Waals surface area contributed by atoms with Crippen LogP contribution in [0.4, 0.5) is 0 Å². The predicted octanol–water partition coefficient (Wildman–Crippen LogP) is 3.06. The molecule has 2 aromatic carbocycles. The number of aliphatic imine (C=N–C) groups is 1. The van der Waals surface area contributed by atoms with E-state index in [-0.39, 0.29) is 5.37 Å². The van der Waals surface area contributed by atoms with Crippen molar-refractivity contribution < 1.29 is 0 Å². The Morgan fingerprint density at radius 3 is 2.41 bits per heavy atom. The molecule has 2 heterocycles. The Bertz CT molecular complexity index is 712. The van der Waals surface area contributed by atoms with Crippen LogP contribution in [-0.4, -0.2) is 29.1 Å². The Morgan fingerprint density at radius 1 is 1.00 bits per heavy atom. The molecule has 0 amide bonds. The van der Waals surface area contributed by atoms with Crippen LogP contribution in [0.3, 0.4) is 0 Å². The van der Waals surface area contributed by atoms with E-state index in [4.69, 9.17) is 5.10 Å². The van der Waals surface area contributed by atoms with Crippen LogP contribution in [0.25, 0.3) is 0 Å². The number of hydrogen-bond donors (Lipinski definition) is 1. The smallest absolute Gasteiger partial charge is 0.216 e. The maximum Gasteiger partial charge on any atom is 0.216 e. The molecule has 1 atom stereocenters. The lowest BCUT2D eigenvalue weighted by Crippen LogP contribution is -2.34. The number of benzene rings is 2. The van der Waals surface area contributed by atoms with Crippen LogP contribution in [0.5, 0.6) is 0 Å². The van der Waals surface area contributed by atoms with Crippen molar-refractivity contribution in [3.8, 4) is 0 Å². The minimum atomic E-state index is 0.126. The van der Waals surface area contributed by atoms with Gasteiger partial charge < -0.3 is 5.32 Å². The van der Waals surface area contributed by atoms with E-state index in [1.807, 2.05) is 29.3 Å². The van der Waals surface area contributed by atoms with Crippen molar-refractivity contribution in [1.29, 1.82) is 0 Å². The molecule has 0 saturated carbocycles. The number of hydrogen-bond acceptors (Lipinski definition) is 5. The van der Waals surface area contributed by atoms with Gasteiger partial charge in [-0.2, -0.15) is 5.10 Å². The molecule has 0 fully saturated rings. The lowest BCUT2D eigenvalue weighted by molar-refractivity contribution is 0.427. The molecule has 2 aromatic rings. The number of nitrogens with one attached hydrogen (secondary N) is 1. The highest BCUT2D eigenvalue weighted by atomic mass is 32.2. The van der Waals surface area contributed by atoms with Crippen molar-refractivity contribution in [2.24, 2.45) is 10.1 Å². The topological polar surface area (TPSA) is 40.0 Å². The van der Waals surface area contributed by atoms with Crippen LogP contribution < -0.4 is 5.32 Å². The van der Waals surface area contributed by atoms with E-state index in [1.54, 1.807) is 11.8 Å². The van der Waals surface area contributed by atoms with Crippen molar-refractivity contribution in [2.75, 3.05) is 13.1 Å². The third kappa shape index (κ3) is 2.48. The zero-order valence-corrected chi connectivity index (χ0v) is 12.8. The van der Waals surface area contributed by atoms with Crippen molar-refractivity contribution in [3.05, 3.63) is 71.8 Å². The molecule has 0 aliphatic carbocycles. The van der Waals surface area contributed by atoms with Crippen molar-refractivity contribution in [2.45, 2.75) is 5.37 Å². The van der Waals surface area contributed by atoms with Gasteiger partial charge in [0.15, 0.2) is 0 Å². The van der Waals surface area contributed by atoms with Gasteiger partial charge in [0.05, 0.1) is 6.54 Å². The molecule has 2 aliphatic heterocycles. The van der Waals surface area contributed by atoms with Crippen LogP contribution in [-0.2, 0) is 0 Å². The first-order valence-electron chi connectivity index (χ1n) is 7.35. The number of thioether (sulfide) groups is 1. The summed E-state index contributed by atoms with van der Waals surface area (Å²) in [5.74, 6) is 0.868. The van der Waals surface area contributed by atoms with Crippen molar-refractivity contribution in [1.82, 2.24) is 10.3 Å². The van der Waals surface area contributed by atoms with Crippen LogP contribution in [0.2, 0.25) is 0 Å². The van der Waals surface area contributed by atoms with Crippen LogP contribution in [0.15, 0.2) is 70.8 Å². The first-order chi connectivity index (χ1) is 10.9. The fraction of sp³-hybridized carbons (Fsp3) is 0.176. The van der Waals surface area contributed by atoms with Gasteiger partial charge in [0, 0.05) is 12.1 Å². The normalized spacial score (nSPS) is 20.5. The first-order valence-corrected chi connectivity index (χ1v) is 8.23. The quantitative estimate of drug-likeness (QED) is 0.927. The summed E-state index contributed by atoms with van der Waals surface area (Å²) in [5, 5.41) is 11.3. The summed E-state index contributed by atoms with van der Waals surface area (Å²) in [5.41, 5.74) is 2.38. The molecule has 0 saturated heterocycles. The third-order valence-corrected chi connectivity index (χ3v) is 4.86. The van der Waals surface area contributed by atoms with Crippen LogP contribution in [0.1, 0.15) is 16.5 Å². The van der Waals surface area contributed by atoms with Gasteiger partial charge in [0.1, 0.15) is 10.4 Å². The standard InChI is InChI=1S/C17H16N4S/c1-3-7-13(8-4-1)15-20-21(17-18-11-12-19-17)16(22-15)14-9-5-2-6-10-14/h1-10,16H,11-12H2,(H,18,19). The second-order valence-electron chi connectivity index (χ2n) is 5.13. The highest BCUT2D eigenvalue weighted by molar-refractivity contribution is 8.14. The largest absolute Gasteiger partial charge is 0.353 e. The summed E-state index contributed by atoms with van der Waals surface area (Å²) in [6, 6.07) is 20.8. The molecule has 4 nitrogen and oxygen atoms in total. The van der Waals surface area contributed by atoms with Gasteiger partial charge in [-0.25, -0.2) is 10.0 Å². The zero-order valence-electron chi connectivity index (χ0n) is 12.0. The summed E-state index contributed by atoms with van der Waals surface area (Å²) in [6.45, 7) is 1.70. The molecule has 5 heteroatoms. The lowest BCUT2D eigenvalue weighted by Gasteiger charge is -2.22. The maximum atomic E-state index is 4.82. The SMILES string of the molecule is c1ccc(C2=NN(C3=NCCN3)C(c3ccccc3)S2)cc1. The van der Waals surface area contributed by atoms with E-state index >= 15 is 0 Å². The number of guanidine groups is 1. The molecule has 0 spiro atoms. The molecule has 2 aliphatic rings. The molecular formula is C17H16N4S. The average molecular weight is 308 g/mol. The third-order valence-electron chi connectivity index (χ3n) is 3.62. The van der Waals surface area contributed by atoms with Gasteiger partial charge in [-0.3, -0.25) is 0 Å². The van der Waals surface area contributed by atoms with Gasteiger partial charge in [0.2, 0.25) is 5.96 Å². The summed E-state index contributed by atoms with van der Waals surface area (Å²) in [6.07, 6.45) is 0. The fourth-order valence-electron chi connectivity index (χ4n) is 2.56. The maximum absolute atomic E-state index is 4.82. The van der Waals surface area contributed by atoms with E-state index < -0.39 is 0 Å². The molecule has 0 radical (unpaired) electrons. The Labute approximate surface area is 133 Å². The number of nitrogens with zero attached hydrogens (tertiary/aromatic N) is 3. The molecule has 4 rings (SSSR count). The van der Waals surface area contributed by atoms with Crippen molar-refractivity contribution in [3.63, 3.8) is 0 Å². The molecule has 0 aromatic heterocycles. The molecule has 22 heavy (non-hydrogen) atoms. The van der Waals surface area contributed by atoms with E-state index in [0.717, 1.165) is 29.7 Å². The summed E-state index contributed by atoms with van der Waals surface area (Å²) >= 11 is 1.77. The molecule has 1 N–H and O–H groups in total. The Balaban J connectivity index is 1.70. The molecule has 0 bridgehead atoms. The Hall–Kier alpha value is -2.27. The fourth-order valence-corrected chi connectivity index (χ4v) is 3.72. The van der Waals surface area contributed by atoms with E-state index in [1.165, 1.54) is 5.56 Å². The second-order valence-corrected chi connectivity index (χ2v) is 6.20. The van der Waals surface area contributed by atoms with Gasteiger partial charge in [-0.15, -0.1) is 0 Å². The van der Waals surface area contributed by atoms with Crippen LogP contribution in [0, 0.1) is 0 Å². The van der Waals surface area contributed by atoms with Gasteiger partial charge in [-0.1, -0.05) is 72.4 Å². The molecule has 1 unspecified atom stereocenters. The van der Waals surface area contributed by atoms with Gasteiger partial charge >= 0.3 is 0 Å². The summed E-state index contributed by atoms with van der Waals surface area (Å²) in [7, 11) is 0.